The molecule has 15 atom stereocenters. The molecular formula is C20H35NO15. The molecule has 10 N–H and O–H groups in total. The number of nitrogens with one attached hydrogen (secondary N) is 1. The zero-order valence-corrected chi connectivity index (χ0v) is 19.5. The van der Waals surface area contributed by atoms with Crippen molar-refractivity contribution in [2.75, 3.05) is 13.2 Å². The van der Waals surface area contributed by atoms with Crippen LogP contribution in [0, 0.1) is 0 Å². The lowest BCUT2D eigenvalue weighted by molar-refractivity contribution is -0.380. The summed E-state index contributed by atoms with van der Waals surface area (Å²) >= 11 is 0. The second-order valence-electron chi connectivity index (χ2n) is 9.05. The third-order valence-electron chi connectivity index (χ3n) is 6.46. The normalized spacial score (nSPS) is 50.0. The Hall–Kier alpha value is -1.09. The molecule has 3 rings (SSSR count). The molecule has 3 aliphatic heterocycles. The van der Waals surface area contributed by atoms with E-state index in [9.17, 15) is 50.8 Å². The molecule has 0 spiro atoms. The highest BCUT2D eigenvalue weighted by atomic mass is 16.8. The van der Waals surface area contributed by atoms with Gasteiger partial charge < -0.3 is 75.0 Å². The van der Waals surface area contributed by atoms with E-state index >= 15 is 0 Å². The van der Waals surface area contributed by atoms with Gasteiger partial charge in [-0.25, -0.2) is 0 Å². The molecule has 16 nitrogen and oxygen atoms in total. The van der Waals surface area contributed by atoms with Gasteiger partial charge >= 0.3 is 0 Å². The molecule has 0 radical (unpaired) electrons. The van der Waals surface area contributed by atoms with Gasteiger partial charge in [0.05, 0.1) is 19.3 Å². The molecule has 0 aromatic carbocycles. The summed E-state index contributed by atoms with van der Waals surface area (Å²) in [7, 11) is 0. The number of amides is 1. The van der Waals surface area contributed by atoms with E-state index in [0.717, 1.165) is 6.92 Å². The molecule has 3 heterocycles. The molecule has 0 unspecified atom stereocenters. The van der Waals surface area contributed by atoms with Gasteiger partial charge in [0.1, 0.15) is 67.1 Å². The van der Waals surface area contributed by atoms with Gasteiger partial charge in [-0.1, -0.05) is 0 Å². The standard InChI is InChI=1S/C20H35NO15/c1-5-10(25)14(29)15(30)20(32-5)36-17-16(12(27)8(4-23)33-18(17)31)35-19-9(21-6(2)24)13(28)11(26)7(3-22)34-19/h5,7-20,22-23,25-31H,3-4H2,1-2H3,(H,21,24)/t5-,7+,8+,9+,10+,11+,12-,13+,14+,15-,16-,17+,18+,19+,20-/m0/s1. The van der Waals surface area contributed by atoms with Crippen molar-refractivity contribution in [3.05, 3.63) is 0 Å². The van der Waals surface area contributed by atoms with Crippen LogP contribution in [0.25, 0.3) is 0 Å². The van der Waals surface area contributed by atoms with Crippen molar-refractivity contribution in [3.8, 4) is 0 Å². The average Bonchev–Trinajstić information content (AvgIpc) is 2.84. The Morgan fingerprint density at radius 3 is 1.89 bits per heavy atom. The lowest BCUT2D eigenvalue weighted by Gasteiger charge is -2.48. The van der Waals surface area contributed by atoms with Crippen LogP contribution in [-0.4, -0.2) is 157 Å². The smallest absolute Gasteiger partial charge is 0.217 e. The fourth-order valence-electron chi connectivity index (χ4n) is 4.38. The quantitative estimate of drug-likeness (QED) is 0.147. The van der Waals surface area contributed by atoms with Crippen LogP contribution in [0.15, 0.2) is 0 Å². The largest absolute Gasteiger partial charge is 0.394 e. The Kier molecular flexibility index (Phi) is 9.97. The van der Waals surface area contributed by atoms with E-state index in [1.54, 1.807) is 0 Å². The maximum Gasteiger partial charge on any atom is 0.217 e. The number of carbonyl (C=O) groups excluding carboxylic acids is 1. The number of aliphatic hydroxyl groups excluding tert-OH is 9. The minimum atomic E-state index is -1.89. The summed E-state index contributed by atoms with van der Waals surface area (Å²) in [5, 5.41) is 93.7. The van der Waals surface area contributed by atoms with Crippen LogP contribution < -0.4 is 5.32 Å². The lowest BCUT2D eigenvalue weighted by atomic mass is 9.95. The summed E-state index contributed by atoms with van der Waals surface area (Å²) in [6.45, 7) is 1.00. The summed E-state index contributed by atoms with van der Waals surface area (Å²) in [5.74, 6) is -0.639. The van der Waals surface area contributed by atoms with E-state index in [-0.39, 0.29) is 0 Å². The number of hydrogen-bond acceptors (Lipinski definition) is 15. The molecule has 0 saturated carbocycles. The van der Waals surface area contributed by atoms with Gasteiger partial charge in [-0.15, -0.1) is 0 Å². The van der Waals surface area contributed by atoms with E-state index in [4.69, 9.17) is 23.7 Å². The van der Waals surface area contributed by atoms with Crippen LogP contribution >= 0.6 is 0 Å². The molecule has 1 amide bonds. The van der Waals surface area contributed by atoms with Crippen molar-refractivity contribution >= 4 is 5.91 Å². The first-order chi connectivity index (χ1) is 16.9. The number of rotatable bonds is 7. The molecular weight excluding hydrogens is 494 g/mol. The Balaban J connectivity index is 1.88. The lowest BCUT2D eigenvalue weighted by Crippen LogP contribution is -2.68. The van der Waals surface area contributed by atoms with Gasteiger partial charge in [0, 0.05) is 6.92 Å². The number of carbonyl (C=O) groups is 1. The Labute approximate surface area is 205 Å². The third kappa shape index (κ3) is 5.97. The van der Waals surface area contributed by atoms with Crippen LogP contribution in [-0.2, 0) is 28.5 Å². The molecule has 3 aliphatic rings. The number of ether oxygens (including phenoxy) is 5. The molecule has 16 heteroatoms. The Morgan fingerprint density at radius 2 is 1.31 bits per heavy atom. The first kappa shape index (κ1) is 29.5. The minimum Gasteiger partial charge on any atom is -0.394 e. The minimum absolute atomic E-state index is 0.639. The number of aliphatic hydroxyl groups is 9. The van der Waals surface area contributed by atoms with Crippen LogP contribution in [0.4, 0.5) is 0 Å². The summed E-state index contributed by atoms with van der Waals surface area (Å²) in [6.07, 6.45) is -22.1. The van der Waals surface area contributed by atoms with Crippen LogP contribution in [0.2, 0.25) is 0 Å². The zero-order valence-electron chi connectivity index (χ0n) is 19.5. The predicted molar refractivity (Wildman–Crippen MR) is 111 cm³/mol. The predicted octanol–water partition coefficient (Wildman–Crippen LogP) is -6.40. The van der Waals surface area contributed by atoms with Gasteiger partial charge in [0.15, 0.2) is 18.9 Å². The molecule has 210 valence electrons. The van der Waals surface area contributed by atoms with Gasteiger partial charge in [-0.2, -0.15) is 0 Å². The van der Waals surface area contributed by atoms with Gasteiger partial charge in [0.2, 0.25) is 5.91 Å². The highest BCUT2D eigenvalue weighted by Gasteiger charge is 2.53. The molecule has 3 fully saturated rings. The third-order valence-corrected chi connectivity index (χ3v) is 6.46. The molecule has 0 aromatic heterocycles. The number of hydrogen-bond donors (Lipinski definition) is 10. The first-order valence-corrected chi connectivity index (χ1v) is 11.4. The van der Waals surface area contributed by atoms with Crippen LogP contribution in [0.3, 0.4) is 0 Å². The SMILES string of the molecule is CC(=O)N[C@H]1[C@@H](O[C@H]2[C@@H](O)[C@@H](CO)O[C@@H](O)[C@@H]2O[C@@H]2O[C@@H](C)[C@@H](O)[C@@H](O)[C@@H]2O)O[C@H](CO)[C@@H](O)[C@@H]1O. The van der Waals surface area contributed by atoms with Crippen LogP contribution in [0.1, 0.15) is 13.8 Å². The second-order valence-corrected chi connectivity index (χ2v) is 9.05. The monoisotopic (exact) mass is 529 g/mol. The van der Waals surface area contributed by atoms with Gasteiger partial charge in [-0.05, 0) is 6.92 Å². The highest BCUT2D eigenvalue weighted by Crippen LogP contribution is 2.32. The molecule has 0 aliphatic carbocycles. The fraction of sp³-hybridized carbons (Fsp3) is 0.950. The summed E-state index contributed by atoms with van der Waals surface area (Å²) in [4.78, 5) is 11.7. The summed E-state index contributed by atoms with van der Waals surface area (Å²) in [6, 6.07) is -1.41. The fourth-order valence-corrected chi connectivity index (χ4v) is 4.38. The maximum atomic E-state index is 11.7. The van der Waals surface area contributed by atoms with Crippen molar-refractivity contribution in [1.82, 2.24) is 5.32 Å². The molecule has 0 bridgehead atoms. The van der Waals surface area contributed by atoms with E-state index in [1.165, 1.54) is 6.92 Å². The zero-order chi connectivity index (χ0) is 26.9. The van der Waals surface area contributed by atoms with Crippen molar-refractivity contribution in [3.63, 3.8) is 0 Å². The van der Waals surface area contributed by atoms with E-state index < -0.39 is 111 Å². The van der Waals surface area contributed by atoms with Crippen molar-refractivity contribution in [2.45, 2.75) is 106 Å². The van der Waals surface area contributed by atoms with Crippen molar-refractivity contribution in [1.29, 1.82) is 0 Å². The first-order valence-electron chi connectivity index (χ1n) is 11.4. The molecule has 3 saturated heterocycles. The van der Waals surface area contributed by atoms with E-state index in [1.807, 2.05) is 0 Å². The maximum absolute atomic E-state index is 11.7. The van der Waals surface area contributed by atoms with Crippen molar-refractivity contribution < 1.29 is 74.4 Å². The molecule has 36 heavy (non-hydrogen) atoms. The second kappa shape index (κ2) is 12.2. The van der Waals surface area contributed by atoms with Crippen LogP contribution in [0.5, 0.6) is 0 Å². The van der Waals surface area contributed by atoms with E-state index in [2.05, 4.69) is 5.32 Å². The molecule has 0 aromatic rings. The average molecular weight is 529 g/mol. The van der Waals surface area contributed by atoms with Gasteiger partial charge in [0.25, 0.3) is 0 Å². The summed E-state index contributed by atoms with van der Waals surface area (Å²) < 4.78 is 27.4. The Morgan fingerprint density at radius 1 is 0.722 bits per heavy atom. The van der Waals surface area contributed by atoms with E-state index in [0.29, 0.717) is 0 Å². The highest BCUT2D eigenvalue weighted by molar-refractivity contribution is 5.73. The van der Waals surface area contributed by atoms with Gasteiger partial charge in [-0.3, -0.25) is 4.79 Å². The topological polar surface area (TPSA) is 257 Å². The summed E-state index contributed by atoms with van der Waals surface area (Å²) in [5.41, 5.74) is 0. The van der Waals surface area contributed by atoms with Crippen molar-refractivity contribution in [2.24, 2.45) is 0 Å². The Bertz CT molecular complexity index is 731.